The second-order valence-electron chi connectivity index (χ2n) is 1.21. The molecule has 0 radical (unpaired) electrons. The Morgan fingerprint density at radius 1 is 1.62 bits per heavy atom. The Hall–Kier alpha value is 0.400. The zero-order chi connectivity index (χ0) is 6.78. The summed E-state index contributed by atoms with van der Waals surface area (Å²) < 4.78 is 9.96. The second-order valence-corrected chi connectivity index (χ2v) is 3.84. The van der Waals surface area contributed by atoms with Gasteiger partial charge in [0, 0.05) is 0 Å². The van der Waals surface area contributed by atoms with Crippen molar-refractivity contribution in [2.24, 2.45) is 0 Å². The van der Waals surface area contributed by atoms with Crippen molar-refractivity contribution in [3.8, 4) is 0 Å². The Labute approximate surface area is 51.3 Å². The highest BCUT2D eigenvalue weighted by Gasteiger charge is 2.24. The number of aliphatic hydroxyl groups is 1. The van der Waals surface area contributed by atoms with Gasteiger partial charge in [-0.3, -0.25) is 4.57 Å². The van der Waals surface area contributed by atoms with Crippen LogP contribution in [0.3, 0.4) is 0 Å². The van der Waals surface area contributed by atoms with Gasteiger partial charge in [0.2, 0.25) is 0 Å². The summed E-state index contributed by atoms with van der Waals surface area (Å²) in [6, 6.07) is 0. The molecular formula is C2H6ClO4P. The van der Waals surface area contributed by atoms with E-state index < -0.39 is 19.3 Å². The van der Waals surface area contributed by atoms with Crippen LogP contribution < -0.4 is 0 Å². The van der Waals surface area contributed by atoms with E-state index in [0.29, 0.717) is 0 Å². The molecule has 0 aliphatic heterocycles. The number of hydrogen-bond acceptors (Lipinski definition) is 2. The summed E-state index contributed by atoms with van der Waals surface area (Å²) in [4.78, 5) is 16.2. The van der Waals surface area contributed by atoms with Crippen LogP contribution in [-0.4, -0.2) is 26.6 Å². The summed E-state index contributed by atoms with van der Waals surface area (Å²) in [7, 11) is -4.24. The molecule has 0 saturated heterocycles. The maximum Gasteiger partial charge on any atom is 0.345 e. The Balaban J connectivity index is 3.82. The van der Waals surface area contributed by atoms with Crippen LogP contribution in [0.5, 0.6) is 0 Å². The summed E-state index contributed by atoms with van der Waals surface area (Å²) in [5, 5.41) is 6.59. The monoisotopic (exact) mass is 160 g/mol. The molecule has 3 N–H and O–H groups in total. The lowest BCUT2D eigenvalue weighted by Crippen LogP contribution is -2.03. The van der Waals surface area contributed by atoms with Gasteiger partial charge in [0.1, 0.15) is 0 Å². The minimum absolute atomic E-state index is 0.703. The summed E-state index contributed by atoms with van der Waals surface area (Å²) in [6.07, 6.45) is 0. The van der Waals surface area contributed by atoms with Gasteiger partial charge in [0.05, 0.1) is 6.61 Å². The fourth-order valence-corrected chi connectivity index (χ4v) is 0.319. The lowest BCUT2D eigenvalue weighted by Gasteiger charge is -2.05. The standard InChI is InChI=1S/C2H6ClO4P/c3-2(1-4)8(5,6)7/h2,4H,1H2,(H2,5,6,7). The first-order chi connectivity index (χ1) is 3.48. The molecule has 8 heavy (non-hydrogen) atoms. The van der Waals surface area contributed by atoms with E-state index in [1.807, 2.05) is 0 Å². The molecule has 0 aliphatic rings. The molecule has 0 aliphatic carbocycles. The van der Waals surface area contributed by atoms with E-state index in [2.05, 4.69) is 0 Å². The van der Waals surface area contributed by atoms with Crippen LogP contribution in [0.25, 0.3) is 0 Å². The van der Waals surface area contributed by atoms with E-state index in [0.717, 1.165) is 0 Å². The van der Waals surface area contributed by atoms with Crippen molar-refractivity contribution >= 4 is 19.2 Å². The zero-order valence-electron chi connectivity index (χ0n) is 3.86. The Kier molecular flexibility index (Phi) is 2.94. The molecule has 0 fully saturated rings. The molecule has 0 amide bonds. The zero-order valence-corrected chi connectivity index (χ0v) is 5.51. The van der Waals surface area contributed by atoms with Gasteiger partial charge in [-0.2, -0.15) is 0 Å². The normalized spacial score (nSPS) is 16.0. The summed E-state index contributed by atoms with van der Waals surface area (Å²) >= 11 is 4.93. The van der Waals surface area contributed by atoms with Crippen molar-refractivity contribution in [2.45, 2.75) is 5.12 Å². The molecule has 0 heterocycles. The summed E-state index contributed by atoms with van der Waals surface area (Å²) in [6.45, 7) is -0.703. The van der Waals surface area contributed by atoms with Gasteiger partial charge in [0.25, 0.3) is 0 Å². The Morgan fingerprint density at radius 2 is 2.00 bits per heavy atom. The first kappa shape index (κ1) is 8.40. The highest BCUT2D eigenvalue weighted by Crippen LogP contribution is 2.42. The molecule has 1 unspecified atom stereocenters. The second kappa shape index (κ2) is 2.80. The topological polar surface area (TPSA) is 77.8 Å². The van der Waals surface area contributed by atoms with Gasteiger partial charge < -0.3 is 14.9 Å². The lowest BCUT2D eigenvalue weighted by molar-refractivity contribution is 0.289. The first-order valence-corrected chi connectivity index (χ1v) is 3.90. The average Bonchev–Trinajstić information content (AvgIpc) is 1.62. The number of hydrogen-bond donors (Lipinski definition) is 3. The quantitative estimate of drug-likeness (QED) is 0.384. The third kappa shape index (κ3) is 2.64. The summed E-state index contributed by atoms with van der Waals surface area (Å²) in [5.41, 5.74) is 0. The van der Waals surface area contributed by atoms with Crippen molar-refractivity contribution in [1.29, 1.82) is 0 Å². The Morgan fingerprint density at radius 3 is 2.00 bits per heavy atom. The minimum atomic E-state index is -4.24. The SMILES string of the molecule is O=P(O)(O)C(Cl)CO. The molecule has 50 valence electrons. The lowest BCUT2D eigenvalue weighted by atomic mass is 10.9. The van der Waals surface area contributed by atoms with Gasteiger partial charge in [0.15, 0.2) is 5.12 Å². The molecule has 0 saturated carbocycles. The fourth-order valence-electron chi connectivity index (χ4n) is 0.106. The highest BCUT2D eigenvalue weighted by atomic mass is 35.5. The molecule has 4 nitrogen and oxygen atoms in total. The van der Waals surface area contributed by atoms with E-state index in [-0.39, 0.29) is 0 Å². The van der Waals surface area contributed by atoms with E-state index >= 15 is 0 Å². The molecule has 0 aromatic carbocycles. The number of aliphatic hydroxyl groups excluding tert-OH is 1. The van der Waals surface area contributed by atoms with Gasteiger partial charge in [-0.15, -0.1) is 11.6 Å². The van der Waals surface area contributed by atoms with E-state index in [9.17, 15) is 4.57 Å². The highest BCUT2D eigenvalue weighted by molar-refractivity contribution is 7.54. The van der Waals surface area contributed by atoms with Crippen molar-refractivity contribution in [1.82, 2.24) is 0 Å². The predicted octanol–water partition coefficient (Wildman–Crippen LogP) is -0.279. The predicted molar refractivity (Wildman–Crippen MR) is 28.8 cm³/mol. The third-order valence-electron chi connectivity index (χ3n) is 0.516. The van der Waals surface area contributed by atoms with Crippen molar-refractivity contribution in [3.05, 3.63) is 0 Å². The van der Waals surface area contributed by atoms with Crippen LogP contribution in [0.2, 0.25) is 0 Å². The van der Waals surface area contributed by atoms with Gasteiger partial charge in [-0.25, -0.2) is 0 Å². The maximum absolute atomic E-state index is 9.96. The number of alkyl halides is 1. The van der Waals surface area contributed by atoms with E-state index in [1.54, 1.807) is 0 Å². The Bertz CT molecular complexity index is 109. The van der Waals surface area contributed by atoms with Gasteiger partial charge in [-0.05, 0) is 0 Å². The van der Waals surface area contributed by atoms with Gasteiger partial charge >= 0.3 is 7.60 Å². The molecule has 0 aromatic heterocycles. The molecule has 0 aromatic rings. The van der Waals surface area contributed by atoms with Crippen LogP contribution in [0.4, 0.5) is 0 Å². The van der Waals surface area contributed by atoms with Gasteiger partial charge in [-0.1, -0.05) is 0 Å². The average molecular weight is 160 g/mol. The molecule has 1 atom stereocenters. The van der Waals surface area contributed by atoms with Crippen LogP contribution in [-0.2, 0) is 4.57 Å². The molecule has 6 heteroatoms. The largest absolute Gasteiger partial charge is 0.394 e. The maximum atomic E-state index is 9.96. The smallest absolute Gasteiger partial charge is 0.345 e. The number of rotatable bonds is 2. The van der Waals surface area contributed by atoms with Crippen molar-refractivity contribution in [2.75, 3.05) is 6.61 Å². The number of halogens is 1. The molecule has 0 rings (SSSR count). The molecular weight excluding hydrogens is 154 g/mol. The minimum Gasteiger partial charge on any atom is -0.394 e. The van der Waals surface area contributed by atoms with E-state index in [1.165, 1.54) is 0 Å². The van der Waals surface area contributed by atoms with Crippen molar-refractivity contribution < 1.29 is 19.5 Å². The van der Waals surface area contributed by atoms with Crippen LogP contribution in [0, 0.1) is 0 Å². The third-order valence-corrected chi connectivity index (χ3v) is 2.31. The van der Waals surface area contributed by atoms with Crippen molar-refractivity contribution in [3.63, 3.8) is 0 Å². The van der Waals surface area contributed by atoms with Crippen LogP contribution in [0.15, 0.2) is 0 Å². The molecule has 0 spiro atoms. The van der Waals surface area contributed by atoms with Crippen LogP contribution in [0.1, 0.15) is 0 Å². The summed E-state index contributed by atoms with van der Waals surface area (Å²) in [5.74, 6) is 0. The molecule has 0 bridgehead atoms. The van der Waals surface area contributed by atoms with Crippen LogP contribution >= 0.6 is 19.2 Å². The fraction of sp³-hybridized carbons (Fsp3) is 1.00. The first-order valence-electron chi connectivity index (χ1n) is 1.78. The van der Waals surface area contributed by atoms with E-state index in [4.69, 9.17) is 26.5 Å².